The molecule has 0 aliphatic rings. The lowest BCUT2D eigenvalue weighted by atomic mass is 9.84. The lowest BCUT2D eigenvalue weighted by Crippen LogP contribution is -2.23. The maximum absolute atomic E-state index is 9.50. The lowest BCUT2D eigenvalue weighted by molar-refractivity contribution is 0.269. The average molecular weight is 390 g/mol. The fourth-order valence-corrected chi connectivity index (χ4v) is 3.22. The Labute approximate surface area is 168 Å². The smallest absolute Gasteiger partial charge is 0.301 e. The standard InChI is InChI=1S/C21H22N6O2/c1-21(2,15-6-4-8-17(24-15)26-12-10-22-19(26)14-28)16-7-5-9-18(25-16)27-13-11-23-20(27)29-3/h4-13,28H,14H2,1-3H3. The fourth-order valence-electron chi connectivity index (χ4n) is 3.22. The third-order valence-corrected chi connectivity index (χ3v) is 4.89. The molecule has 4 rings (SSSR count). The molecule has 0 aliphatic carbocycles. The summed E-state index contributed by atoms with van der Waals surface area (Å²) in [6.07, 6.45) is 6.92. The highest BCUT2D eigenvalue weighted by atomic mass is 16.5. The van der Waals surface area contributed by atoms with Crippen LogP contribution in [0.15, 0.2) is 61.2 Å². The van der Waals surface area contributed by atoms with Crippen LogP contribution in [-0.2, 0) is 12.0 Å². The molecule has 1 N–H and O–H groups in total. The molecule has 0 radical (unpaired) electrons. The van der Waals surface area contributed by atoms with Crippen molar-refractivity contribution in [2.75, 3.05) is 7.11 Å². The average Bonchev–Trinajstić information content (AvgIpc) is 3.43. The van der Waals surface area contributed by atoms with E-state index in [0.29, 0.717) is 17.7 Å². The van der Waals surface area contributed by atoms with Crippen molar-refractivity contribution in [2.24, 2.45) is 0 Å². The molecule has 8 heteroatoms. The molecule has 4 heterocycles. The number of rotatable bonds is 6. The highest BCUT2D eigenvalue weighted by Gasteiger charge is 2.27. The van der Waals surface area contributed by atoms with Gasteiger partial charge >= 0.3 is 6.01 Å². The highest BCUT2D eigenvalue weighted by molar-refractivity contribution is 5.37. The van der Waals surface area contributed by atoms with Crippen LogP contribution in [0.5, 0.6) is 6.01 Å². The predicted molar refractivity (Wildman–Crippen MR) is 107 cm³/mol. The van der Waals surface area contributed by atoms with Gasteiger partial charge in [-0.25, -0.2) is 19.9 Å². The Balaban J connectivity index is 1.74. The first-order chi connectivity index (χ1) is 14.0. The zero-order valence-electron chi connectivity index (χ0n) is 16.5. The molecular formula is C21H22N6O2. The van der Waals surface area contributed by atoms with E-state index in [2.05, 4.69) is 23.8 Å². The third-order valence-electron chi connectivity index (χ3n) is 4.89. The molecule has 29 heavy (non-hydrogen) atoms. The predicted octanol–water partition coefficient (Wildman–Crippen LogP) is 2.67. The Morgan fingerprint density at radius 3 is 2.10 bits per heavy atom. The quantitative estimate of drug-likeness (QED) is 0.544. The highest BCUT2D eigenvalue weighted by Crippen LogP contribution is 2.30. The van der Waals surface area contributed by atoms with Crippen LogP contribution in [0.1, 0.15) is 31.1 Å². The van der Waals surface area contributed by atoms with Crippen LogP contribution in [0, 0.1) is 0 Å². The van der Waals surface area contributed by atoms with Crippen molar-refractivity contribution in [1.29, 1.82) is 0 Å². The van der Waals surface area contributed by atoms with Gasteiger partial charge in [0.05, 0.1) is 18.5 Å². The molecule has 0 fully saturated rings. The fraction of sp³-hybridized carbons (Fsp3) is 0.238. The van der Waals surface area contributed by atoms with Gasteiger partial charge in [0.15, 0.2) is 0 Å². The summed E-state index contributed by atoms with van der Waals surface area (Å²) < 4.78 is 8.87. The minimum Gasteiger partial charge on any atom is -0.468 e. The molecule has 0 atom stereocenters. The normalized spacial score (nSPS) is 11.6. The number of imidazole rings is 2. The molecule has 0 spiro atoms. The van der Waals surface area contributed by atoms with Crippen molar-refractivity contribution in [3.63, 3.8) is 0 Å². The summed E-state index contributed by atoms with van der Waals surface area (Å²) in [6, 6.07) is 12.1. The van der Waals surface area contributed by atoms with Gasteiger partial charge < -0.3 is 9.84 Å². The number of hydrogen-bond acceptors (Lipinski definition) is 6. The number of aliphatic hydroxyl groups is 1. The third kappa shape index (κ3) is 3.38. The van der Waals surface area contributed by atoms with Gasteiger partial charge in [0, 0.05) is 30.2 Å². The summed E-state index contributed by atoms with van der Waals surface area (Å²) in [4.78, 5) is 18.0. The summed E-state index contributed by atoms with van der Waals surface area (Å²) in [5.74, 6) is 1.96. The molecule has 0 amide bonds. The van der Waals surface area contributed by atoms with Crippen LogP contribution < -0.4 is 4.74 Å². The molecule has 8 nitrogen and oxygen atoms in total. The second kappa shape index (κ2) is 7.48. The molecule has 4 aromatic rings. The Kier molecular flexibility index (Phi) is 4.85. The van der Waals surface area contributed by atoms with Gasteiger partial charge in [0.1, 0.15) is 24.1 Å². The number of methoxy groups -OCH3 is 1. The molecule has 0 saturated carbocycles. The second-order valence-electron chi connectivity index (χ2n) is 7.04. The molecule has 4 aromatic heterocycles. The van der Waals surface area contributed by atoms with E-state index in [4.69, 9.17) is 14.7 Å². The van der Waals surface area contributed by atoms with Crippen LogP contribution in [-0.4, -0.2) is 41.3 Å². The van der Waals surface area contributed by atoms with Crippen molar-refractivity contribution in [3.05, 3.63) is 78.4 Å². The number of ether oxygens (including phenoxy) is 1. The van der Waals surface area contributed by atoms with E-state index in [-0.39, 0.29) is 6.61 Å². The largest absolute Gasteiger partial charge is 0.468 e. The van der Waals surface area contributed by atoms with Crippen molar-refractivity contribution in [3.8, 4) is 17.6 Å². The van der Waals surface area contributed by atoms with Gasteiger partial charge in [-0.2, -0.15) is 0 Å². The minimum absolute atomic E-state index is 0.154. The van der Waals surface area contributed by atoms with E-state index in [1.807, 2.05) is 42.6 Å². The summed E-state index contributed by atoms with van der Waals surface area (Å²) in [5, 5.41) is 9.50. The first kappa shape index (κ1) is 18.8. The van der Waals surface area contributed by atoms with Gasteiger partial charge in [-0.1, -0.05) is 12.1 Å². The van der Waals surface area contributed by atoms with Crippen LogP contribution in [0.2, 0.25) is 0 Å². The van der Waals surface area contributed by atoms with Crippen molar-refractivity contribution >= 4 is 0 Å². The minimum atomic E-state index is -0.459. The number of nitrogens with zero attached hydrogens (tertiary/aromatic N) is 6. The van der Waals surface area contributed by atoms with Gasteiger partial charge in [-0.05, 0) is 38.1 Å². The van der Waals surface area contributed by atoms with E-state index in [9.17, 15) is 5.11 Å². The van der Waals surface area contributed by atoms with Gasteiger partial charge in [-0.3, -0.25) is 9.13 Å². The first-order valence-corrected chi connectivity index (χ1v) is 9.21. The Bertz CT molecular complexity index is 1040. The number of aliphatic hydroxyl groups excluding tert-OH is 1. The van der Waals surface area contributed by atoms with Gasteiger partial charge in [-0.15, -0.1) is 0 Å². The zero-order chi connectivity index (χ0) is 20.4. The summed E-state index contributed by atoms with van der Waals surface area (Å²) in [6.45, 7) is 4.01. The number of aromatic nitrogens is 6. The molecule has 148 valence electrons. The van der Waals surface area contributed by atoms with Gasteiger partial charge in [0.25, 0.3) is 0 Å². The van der Waals surface area contributed by atoms with Crippen LogP contribution in [0.25, 0.3) is 11.6 Å². The monoisotopic (exact) mass is 390 g/mol. The zero-order valence-corrected chi connectivity index (χ0v) is 16.5. The lowest BCUT2D eigenvalue weighted by Gasteiger charge is -2.25. The molecule has 0 bridgehead atoms. The van der Waals surface area contributed by atoms with Crippen LogP contribution >= 0.6 is 0 Å². The Morgan fingerprint density at radius 2 is 1.48 bits per heavy atom. The molecule has 0 unspecified atom stereocenters. The van der Waals surface area contributed by atoms with Crippen molar-refractivity contribution in [1.82, 2.24) is 29.1 Å². The maximum atomic E-state index is 9.50. The van der Waals surface area contributed by atoms with Crippen LogP contribution in [0.4, 0.5) is 0 Å². The van der Waals surface area contributed by atoms with Crippen LogP contribution in [0.3, 0.4) is 0 Å². The SMILES string of the molecule is COc1nccn1-c1cccc(C(C)(C)c2cccc(-n3ccnc3CO)n2)n1. The summed E-state index contributed by atoms with van der Waals surface area (Å²) >= 11 is 0. The van der Waals surface area contributed by atoms with Crippen molar-refractivity contribution in [2.45, 2.75) is 25.9 Å². The van der Waals surface area contributed by atoms with E-state index < -0.39 is 5.41 Å². The first-order valence-electron chi connectivity index (χ1n) is 9.21. The number of hydrogen-bond donors (Lipinski definition) is 1. The topological polar surface area (TPSA) is 90.9 Å². The maximum Gasteiger partial charge on any atom is 0.301 e. The summed E-state index contributed by atoms with van der Waals surface area (Å²) in [7, 11) is 1.58. The van der Waals surface area contributed by atoms with E-state index in [0.717, 1.165) is 17.2 Å². The number of pyridine rings is 2. The van der Waals surface area contributed by atoms with E-state index >= 15 is 0 Å². The summed E-state index contributed by atoms with van der Waals surface area (Å²) in [5.41, 5.74) is 1.26. The van der Waals surface area contributed by atoms with E-state index in [1.54, 1.807) is 34.8 Å². The molecule has 0 aromatic carbocycles. The van der Waals surface area contributed by atoms with E-state index in [1.165, 1.54) is 0 Å². The molecule has 0 saturated heterocycles. The molecular weight excluding hydrogens is 368 g/mol. The molecule has 0 aliphatic heterocycles. The second-order valence-corrected chi connectivity index (χ2v) is 7.04. The Hall–Kier alpha value is -3.52. The van der Waals surface area contributed by atoms with Gasteiger partial charge in [0.2, 0.25) is 0 Å². The Morgan fingerprint density at radius 1 is 0.897 bits per heavy atom. The van der Waals surface area contributed by atoms with Crippen molar-refractivity contribution < 1.29 is 9.84 Å².